The average molecular weight is 284 g/mol. The largest absolute Gasteiger partial charge is 0.494 e. The number of alkyl halides is 1. The molecule has 0 saturated heterocycles. The van der Waals surface area contributed by atoms with E-state index in [1.807, 2.05) is 32.9 Å². The summed E-state index contributed by atoms with van der Waals surface area (Å²) < 4.78 is 5.52. The molecule has 106 valence electrons. The van der Waals surface area contributed by atoms with Crippen molar-refractivity contribution in [1.82, 2.24) is 5.32 Å². The van der Waals surface area contributed by atoms with Crippen LogP contribution in [0.4, 0.5) is 0 Å². The molecular weight excluding hydrogens is 262 g/mol. The summed E-state index contributed by atoms with van der Waals surface area (Å²) in [6.07, 6.45) is 1.67. The Morgan fingerprint density at radius 2 is 2.16 bits per heavy atom. The first-order valence-electron chi connectivity index (χ1n) is 6.60. The summed E-state index contributed by atoms with van der Waals surface area (Å²) >= 11 is 5.73. The maximum Gasteiger partial charge on any atom is 0.251 e. The Labute approximate surface area is 120 Å². The second kappa shape index (κ2) is 7.39. The van der Waals surface area contributed by atoms with E-state index in [9.17, 15) is 4.79 Å². The zero-order valence-corrected chi connectivity index (χ0v) is 12.6. The first-order valence-corrected chi connectivity index (χ1v) is 7.13. The molecule has 1 aromatic carbocycles. The number of rotatable bonds is 7. The van der Waals surface area contributed by atoms with Gasteiger partial charge in [0, 0.05) is 17.0 Å². The Bertz CT molecular complexity index is 418. The molecular formula is C15H22ClNO2. The normalized spacial score (nSPS) is 11.2. The third-order valence-corrected chi connectivity index (χ3v) is 2.93. The minimum atomic E-state index is -0.306. The fraction of sp³-hybridized carbons (Fsp3) is 0.533. The zero-order chi connectivity index (χ0) is 14.3. The summed E-state index contributed by atoms with van der Waals surface area (Å²) in [6, 6.07) is 7.23. The van der Waals surface area contributed by atoms with Crippen molar-refractivity contribution >= 4 is 17.5 Å². The number of halogens is 1. The van der Waals surface area contributed by atoms with Gasteiger partial charge in [-0.3, -0.25) is 4.79 Å². The van der Waals surface area contributed by atoms with Crippen molar-refractivity contribution in [3.05, 3.63) is 29.8 Å². The second-order valence-corrected chi connectivity index (χ2v) is 5.53. The number of hydrogen-bond acceptors (Lipinski definition) is 2. The van der Waals surface area contributed by atoms with Crippen molar-refractivity contribution in [2.75, 3.05) is 12.5 Å². The molecule has 0 fully saturated rings. The standard InChI is InChI=1S/C15H22ClNO2/c1-4-10-19-13-7-5-6-12(11-13)14(18)17-15(2,3)8-9-16/h5-7,11H,4,8-10H2,1-3H3,(H,17,18). The SMILES string of the molecule is CCCOc1cccc(C(=O)NC(C)(C)CCCl)c1. The lowest BCUT2D eigenvalue weighted by molar-refractivity contribution is 0.0911. The molecule has 0 spiro atoms. The van der Waals surface area contributed by atoms with E-state index in [4.69, 9.17) is 16.3 Å². The third-order valence-electron chi connectivity index (χ3n) is 2.74. The summed E-state index contributed by atoms with van der Waals surface area (Å²) in [6.45, 7) is 6.63. The Balaban J connectivity index is 2.71. The van der Waals surface area contributed by atoms with Crippen LogP contribution in [0.25, 0.3) is 0 Å². The Kier molecular flexibility index (Phi) is 6.16. The lowest BCUT2D eigenvalue weighted by Crippen LogP contribution is -2.43. The van der Waals surface area contributed by atoms with Crippen molar-refractivity contribution < 1.29 is 9.53 Å². The molecule has 3 nitrogen and oxygen atoms in total. The van der Waals surface area contributed by atoms with E-state index in [0.29, 0.717) is 18.1 Å². The van der Waals surface area contributed by atoms with Gasteiger partial charge in [-0.05, 0) is 44.9 Å². The van der Waals surface area contributed by atoms with Gasteiger partial charge in [-0.2, -0.15) is 0 Å². The van der Waals surface area contributed by atoms with Crippen LogP contribution in [0.5, 0.6) is 5.75 Å². The van der Waals surface area contributed by atoms with Gasteiger partial charge in [0.1, 0.15) is 5.75 Å². The Hall–Kier alpha value is -1.22. The van der Waals surface area contributed by atoms with Crippen LogP contribution in [0.2, 0.25) is 0 Å². The monoisotopic (exact) mass is 283 g/mol. The van der Waals surface area contributed by atoms with Crippen molar-refractivity contribution in [1.29, 1.82) is 0 Å². The molecule has 0 heterocycles. The minimum absolute atomic E-state index is 0.0999. The number of ether oxygens (including phenoxy) is 1. The smallest absolute Gasteiger partial charge is 0.251 e. The Morgan fingerprint density at radius 1 is 1.42 bits per heavy atom. The van der Waals surface area contributed by atoms with Gasteiger partial charge in [0.25, 0.3) is 5.91 Å². The molecule has 0 unspecified atom stereocenters. The molecule has 0 atom stereocenters. The second-order valence-electron chi connectivity index (χ2n) is 5.15. The molecule has 0 aliphatic rings. The number of nitrogens with one attached hydrogen (secondary N) is 1. The topological polar surface area (TPSA) is 38.3 Å². The van der Waals surface area contributed by atoms with Crippen LogP contribution in [0, 0.1) is 0 Å². The van der Waals surface area contributed by atoms with Crippen LogP contribution in [0.3, 0.4) is 0 Å². The van der Waals surface area contributed by atoms with Crippen molar-refractivity contribution in [3.63, 3.8) is 0 Å². The van der Waals surface area contributed by atoms with Crippen LogP contribution < -0.4 is 10.1 Å². The number of carbonyl (C=O) groups is 1. The Morgan fingerprint density at radius 3 is 2.79 bits per heavy atom. The fourth-order valence-corrected chi connectivity index (χ4v) is 2.10. The lowest BCUT2D eigenvalue weighted by Gasteiger charge is -2.25. The van der Waals surface area contributed by atoms with E-state index < -0.39 is 0 Å². The summed E-state index contributed by atoms with van der Waals surface area (Å²) in [5, 5.41) is 2.98. The third kappa shape index (κ3) is 5.52. The average Bonchev–Trinajstić information content (AvgIpc) is 2.36. The van der Waals surface area contributed by atoms with Gasteiger partial charge in [-0.1, -0.05) is 13.0 Å². The van der Waals surface area contributed by atoms with Crippen molar-refractivity contribution in [2.24, 2.45) is 0 Å². The highest BCUT2D eigenvalue weighted by Crippen LogP contribution is 2.16. The highest BCUT2D eigenvalue weighted by Gasteiger charge is 2.20. The van der Waals surface area contributed by atoms with E-state index in [0.717, 1.165) is 18.6 Å². The summed E-state index contributed by atoms with van der Waals surface area (Å²) in [7, 11) is 0. The van der Waals surface area contributed by atoms with Gasteiger partial charge in [-0.15, -0.1) is 11.6 Å². The summed E-state index contributed by atoms with van der Waals surface area (Å²) in [5.74, 6) is 1.15. The minimum Gasteiger partial charge on any atom is -0.494 e. The molecule has 4 heteroatoms. The number of hydrogen-bond donors (Lipinski definition) is 1. The van der Waals surface area contributed by atoms with Crippen LogP contribution >= 0.6 is 11.6 Å². The van der Waals surface area contributed by atoms with E-state index in [1.54, 1.807) is 12.1 Å². The van der Waals surface area contributed by atoms with Gasteiger partial charge in [0.15, 0.2) is 0 Å². The molecule has 1 aromatic rings. The molecule has 0 aliphatic carbocycles. The molecule has 0 bridgehead atoms. The summed E-state index contributed by atoms with van der Waals surface area (Å²) in [4.78, 5) is 12.2. The first-order chi connectivity index (χ1) is 8.98. The molecule has 1 N–H and O–H groups in total. The predicted molar refractivity (Wildman–Crippen MR) is 79.1 cm³/mol. The molecule has 0 aromatic heterocycles. The zero-order valence-electron chi connectivity index (χ0n) is 11.8. The predicted octanol–water partition coefficient (Wildman–Crippen LogP) is 3.61. The van der Waals surface area contributed by atoms with Crippen LogP contribution in [-0.2, 0) is 0 Å². The molecule has 19 heavy (non-hydrogen) atoms. The van der Waals surface area contributed by atoms with Crippen LogP contribution in [0.1, 0.15) is 44.0 Å². The lowest BCUT2D eigenvalue weighted by atomic mass is 10.0. The van der Waals surface area contributed by atoms with Gasteiger partial charge >= 0.3 is 0 Å². The number of carbonyl (C=O) groups excluding carboxylic acids is 1. The maximum atomic E-state index is 12.2. The molecule has 1 rings (SSSR count). The van der Waals surface area contributed by atoms with Crippen LogP contribution in [0.15, 0.2) is 24.3 Å². The fourth-order valence-electron chi connectivity index (χ4n) is 1.63. The van der Waals surface area contributed by atoms with Crippen molar-refractivity contribution in [3.8, 4) is 5.75 Å². The maximum absolute atomic E-state index is 12.2. The van der Waals surface area contributed by atoms with Gasteiger partial charge in [0.05, 0.1) is 6.61 Å². The molecule has 0 radical (unpaired) electrons. The van der Waals surface area contributed by atoms with Gasteiger partial charge in [0.2, 0.25) is 0 Å². The van der Waals surface area contributed by atoms with Gasteiger partial charge < -0.3 is 10.1 Å². The van der Waals surface area contributed by atoms with E-state index in [2.05, 4.69) is 5.32 Å². The van der Waals surface area contributed by atoms with E-state index >= 15 is 0 Å². The highest BCUT2D eigenvalue weighted by molar-refractivity contribution is 6.17. The number of benzene rings is 1. The quantitative estimate of drug-likeness (QED) is 0.776. The summed E-state index contributed by atoms with van der Waals surface area (Å²) in [5.41, 5.74) is 0.301. The van der Waals surface area contributed by atoms with E-state index in [1.165, 1.54) is 0 Å². The van der Waals surface area contributed by atoms with Crippen LogP contribution in [-0.4, -0.2) is 23.9 Å². The first kappa shape index (κ1) is 15.8. The molecule has 0 saturated carbocycles. The van der Waals surface area contributed by atoms with Crippen molar-refractivity contribution in [2.45, 2.75) is 39.2 Å². The van der Waals surface area contributed by atoms with Gasteiger partial charge in [-0.25, -0.2) is 0 Å². The number of amides is 1. The molecule has 0 aliphatic heterocycles. The molecule has 1 amide bonds. The van der Waals surface area contributed by atoms with E-state index in [-0.39, 0.29) is 11.4 Å². The highest BCUT2D eigenvalue weighted by atomic mass is 35.5.